The van der Waals surface area contributed by atoms with Crippen LogP contribution in [-0.2, 0) is 19.5 Å². The van der Waals surface area contributed by atoms with Crippen LogP contribution in [0.4, 0.5) is 0 Å². The molecular weight excluding hydrogens is 304 g/mol. The van der Waals surface area contributed by atoms with Crippen LogP contribution in [0.1, 0.15) is 16.8 Å². The van der Waals surface area contributed by atoms with Crippen LogP contribution < -0.4 is 10.1 Å². The van der Waals surface area contributed by atoms with E-state index in [0.29, 0.717) is 0 Å². The number of aromatic nitrogens is 1. The highest BCUT2D eigenvalue weighted by Crippen LogP contribution is 2.32. The second-order valence-electron chi connectivity index (χ2n) is 4.58. The Bertz CT molecular complexity index is 572. The van der Waals surface area contributed by atoms with Gasteiger partial charge in [-0.2, -0.15) is 0 Å². The standard InChI is InChI=1S/C15H15BrN2O/c16-13-7-11-4-6-19-15(11)12(8-13)9-17-10-14-3-1-2-5-18-14/h1-3,5,7-8,17H,4,6,9-10H2. The zero-order chi connectivity index (χ0) is 13.1. The van der Waals surface area contributed by atoms with Gasteiger partial charge in [-0.1, -0.05) is 22.0 Å². The first-order valence-corrected chi connectivity index (χ1v) is 7.17. The highest BCUT2D eigenvalue weighted by molar-refractivity contribution is 9.10. The smallest absolute Gasteiger partial charge is 0.127 e. The van der Waals surface area contributed by atoms with Crippen LogP contribution in [0, 0.1) is 0 Å². The fourth-order valence-corrected chi connectivity index (χ4v) is 2.86. The van der Waals surface area contributed by atoms with Gasteiger partial charge in [0.2, 0.25) is 0 Å². The molecule has 1 aromatic carbocycles. The molecule has 0 atom stereocenters. The van der Waals surface area contributed by atoms with Crippen molar-refractivity contribution in [2.45, 2.75) is 19.5 Å². The van der Waals surface area contributed by atoms with Crippen LogP contribution in [0.5, 0.6) is 5.75 Å². The van der Waals surface area contributed by atoms with Gasteiger partial charge in [-0.05, 0) is 29.8 Å². The summed E-state index contributed by atoms with van der Waals surface area (Å²) in [4.78, 5) is 4.30. The lowest BCUT2D eigenvalue weighted by atomic mass is 10.1. The summed E-state index contributed by atoms with van der Waals surface area (Å²) in [5.74, 6) is 1.05. The Labute approximate surface area is 121 Å². The van der Waals surface area contributed by atoms with Gasteiger partial charge in [0.1, 0.15) is 5.75 Å². The first-order chi connectivity index (χ1) is 9.33. The van der Waals surface area contributed by atoms with E-state index in [9.17, 15) is 0 Å². The van der Waals surface area contributed by atoms with E-state index in [1.54, 1.807) is 0 Å². The lowest BCUT2D eigenvalue weighted by Crippen LogP contribution is -2.14. The summed E-state index contributed by atoms with van der Waals surface area (Å²) in [6.07, 6.45) is 2.82. The number of fused-ring (bicyclic) bond motifs is 1. The molecule has 2 aromatic rings. The molecule has 1 aliphatic heterocycles. The molecule has 1 N–H and O–H groups in total. The molecule has 0 spiro atoms. The van der Waals surface area contributed by atoms with Gasteiger partial charge in [-0.25, -0.2) is 0 Å². The summed E-state index contributed by atoms with van der Waals surface area (Å²) in [7, 11) is 0. The maximum absolute atomic E-state index is 5.71. The van der Waals surface area contributed by atoms with E-state index in [0.717, 1.165) is 42.0 Å². The van der Waals surface area contributed by atoms with Crippen molar-refractivity contribution >= 4 is 15.9 Å². The fourth-order valence-electron chi connectivity index (χ4n) is 2.31. The minimum Gasteiger partial charge on any atom is -0.493 e. The number of hydrogen-bond donors (Lipinski definition) is 1. The summed E-state index contributed by atoms with van der Waals surface area (Å²) in [6, 6.07) is 10.2. The number of pyridine rings is 1. The molecule has 2 heterocycles. The largest absolute Gasteiger partial charge is 0.493 e. The average molecular weight is 319 g/mol. The SMILES string of the molecule is Brc1cc2c(c(CNCc3ccccn3)c1)OCC2. The van der Waals surface area contributed by atoms with Crippen LogP contribution in [0.15, 0.2) is 41.0 Å². The van der Waals surface area contributed by atoms with Gasteiger partial charge in [0.25, 0.3) is 0 Å². The lowest BCUT2D eigenvalue weighted by molar-refractivity contribution is 0.352. The van der Waals surface area contributed by atoms with Crippen molar-refractivity contribution in [1.29, 1.82) is 0 Å². The van der Waals surface area contributed by atoms with Crippen molar-refractivity contribution < 1.29 is 4.74 Å². The lowest BCUT2D eigenvalue weighted by Gasteiger charge is -2.10. The predicted molar refractivity (Wildman–Crippen MR) is 78.1 cm³/mol. The quantitative estimate of drug-likeness (QED) is 0.940. The third-order valence-electron chi connectivity index (χ3n) is 3.17. The Morgan fingerprint density at radius 1 is 1.26 bits per heavy atom. The summed E-state index contributed by atoms with van der Waals surface area (Å²) >= 11 is 3.56. The van der Waals surface area contributed by atoms with Crippen LogP contribution in [0.25, 0.3) is 0 Å². The number of hydrogen-bond acceptors (Lipinski definition) is 3. The third kappa shape index (κ3) is 2.96. The zero-order valence-corrected chi connectivity index (χ0v) is 12.1. The van der Waals surface area contributed by atoms with E-state index in [1.165, 1.54) is 11.1 Å². The van der Waals surface area contributed by atoms with Crippen molar-refractivity contribution in [3.05, 3.63) is 57.8 Å². The topological polar surface area (TPSA) is 34.2 Å². The molecule has 19 heavy (non-hydrogen) atoms. The Morgan fingerprint density at radius 2 is 2.21 bits per heavy atom. The van der Waals surface area contributed by atoms with Crippen LogP contribution in [0.3, 0.4) is 0 Å². The van der Waals surface area contributed by atoms with Crippen molar-refractivity contribution in [2.75, 3.05) is 6.61 Å². The van der Waals surface area contributed by atoms with Crippen LogP contribution in [-0.4, -0.2) is 11.6 Å². The predicted octanol–water partition coefficient (Wildman–Crippen LogP) is 3.07. The van der Waals surface area contributed by atoms with Gasteiger partial charge in [0, 0.05) is 35.7 Å². The van der Waals surface area contributed by atoms with Gasteiger partial charge in [-0.3, -0.25) is 4.98 Å². The van der Waals surface area contributed by atoms with E-state index in [-0.39, 0.29) is 0 Å². The molecule has 1 aromatic heterocycles. The van der Waals surface area contributed by atoms with E-state index in [4.69, 9.17) is 4.74 Å². The molecule has 0 saturated heterocycles. The van der Waals surface area contributed by atoms with Crippen molar-refractivity contribution in [2.24, 2.45) is 0 Å². The number of ether oxygens (including phenoxy) is 1. The monoisotopic (exact) mass is 318 g/mol. The maximum Gasteiger partial charge on any atom is 0.127 e. The Kier molecular flexibility index (Phi) is 3.80. The normalized spacial score (nSPS) is 13.1. The summed E-state index contributed by atoms with van der Waals surface area (Å²) < 4.78 is 6.83. The molecule has 1 aliphatic rings. The molecule has 0 unspecified atom stereocenters. The van der Waals surface area contributed by atoms with Gasteiger partial charge in [-0.15, -0.1) is 0 Å². The van der Waals surface area contributed by atoms with E-state index in [1.807, 2.05) is 24.4 Å². The Hall–Kier alpha value is -1.39. The molecule has 0 saturated carbocycles. The third-order valence-corrected chi connectivity index (χ3v) is 3.63. The molecule has 0 aliphatic carbocycles. The Morgan fingerprint density at radius 3 is 3.05 bits per heavy atom. The van der Waals surface area contributed by atoms with Crippen LogP contribution >= 0.6 is 15.9 Å². The number of rotatable bonds is 4. The molecule has 0 radical (unpaired) electrons. The molecule has 98 valence electrons. The Balaban J connectivity index is 1.67. The van der Waals surface area contributed by atoms with Gasteiger partial charge in [0.05, 0.1) is 12.3 Å². The highest BCUT2D eigenvalue weighted by atomic mass is 79.9. The molecule has 0 fully saturated rings. The maximum atomic E-state index is 5.71. The molecule has 4 heteroatoms. The molecule has 0 bridgehead atoms. The molecule has 3 nitrogen and oxygen atoms in total. The van der Waals surface area contributed by atoms with Gasteiger partial charge < -0.3 is 10.1 Å². The molecular formula is C15H15BrN2O. The van der Waals surface area contributed by atoms with Crippen molar-refractivity contribution in [1.82, 2.24) is 10.3 Å². The van der Waals surface area contributed by atoms with Crippen LogP contribution in [0.2, 0.25) is 0 Å². The first-order valence-electron chi connectivity index (χ1n) is 6.37. The minimum absolute atomic E-state index is 0.766. The second kappa shape index (κ2) is 5.72. The second-order valence-corrected chi connectivity index (χ2v) is 5.49. The van der Waals surface area contributed by atoms with E-state index >= 15 is 0 Å². The van der Waals surface area contributed by atoms with E-state index < -0.39 is 0 Å². The number of nitrogens with one attached hydrogen (secondary N) is 1. The summed E-state index contributed by atoms with van der Waals surface area (Å²) in [5.41, 5.74) is 3.55. The summed E-state index contributed by atoms with van der Waals surface area (Å²) in [5, 5.41) is 3.41. The fraction of sp³-hybridized carbons (Fsp3) is 0.267. The van der Waals surface area contributed by atoms with Crippen molar-refractivity contribution in [3.63, 3.8) is 0 Å². The average Bonchev–Trinajstić information content (AvgIpc) is 2.88. The zero-order valence-electron chi connectivity index (χ0n) is 10.5. The first kappa shape index (κ1) is 12.6. The molecule has 0 amide bonds. The van der Waals surface area contributed by atoms with Gasteiger partial charge in [0.15, 0.2) is 0 Å². The van der Waals surface area contributed by atoms with Crippen molar-refractivity contribution in [3.8, 4) is 5.75 Å². The molecule has 3 rings (SSSR count). The van der Waals surface area contributed by atoms with E-state index in [2.05, 4.69) is 38.4 Å². The summed E-state index contributed by atoms with van der Waals surface area (Å²) in [6.45, 7) is 2.35. The number of benzene rings is 1. The van der Waals surface area contributed by atoms with Gasteiger partial charge >= 0.3 is 0 Å². The number of halogens is 1. The minimum atomic E-state index is 0.766. The highest BCUT2D eigenvalue weighted by Gasteiger charge is 2.16. The number of nitrogens with zero attached hydrogens (tertiary/aromatic N) is 1.